The van der Waals surface area contributed by atoms with E-state index in [1.165, 1.54) is 4.88 Å². The van der Waals surface area contributed by atoms with Crippen LogP contribution in [0.2, 0.25) is 10.0 Å². The van der Waals surface area contributed by atoms with Gasteiger partial charge in [0.2, 0.25) is 0 Å². The lowest BCUT2D eigenvalue weighted by Crippen LogP contribution is -2.20. The summed E-state index contributed by atoms with van der Waals surface area (Å²) in [6.45, 7) is 1.32. The number of carbonyl (C=O) groups is 1. The predicted octanol–water partition coefficient (Wildman–Crippen LogP) is 5.26. The van der Waals surface area contributed by atoms with Crippen molar-refractivity contribution in [3.8, 4) is 11.3 Å². The molecule has 4 rings (SSSR count). The van der Waals surface area contributed by atoms with E-state index in [4.69, 9.17) is 28.9 Å². The standard InChI is InChI=1S/C21H21Cl2N3OS/c22-15-5-3-13(4-6-15)8-14(11-24)9-18(27)20-10-16-19(28-20)2-1-7-26-21(16)17(23)12-25-26/h3-6,10,12,14H,1-2,7-9,11,24H2/t14-/m1/s1. The van der Waals surface area contributed by atoms with Crippen LogP contribution in [0.5, 0.6) is 0 Å². The number of rotatable bonds is 6. The summed E-state index contributed by atoms with van der Waals surface area (Å²) in [7, 11) is 0. The molecule has 1 aliphatic rings. The summed E-state index contributed by atoms with van der Waals surface area (Å²) in [5.41, 5.74) is 9.09. The lowest BCUT2D eigenvalue weighted by molar-refractivity contribution is 0.0966. The monoisotopic (exact) mass is 433 g/mol. The molecule has 7 heteroatoms. The molecule has 1 atom stereocenters. The van der Waals surface area contributed by atoms with E-state index in [9.17, 15) is 4.79 Å². The average Bonchev–Trinajstić information content (AvgIpc) is 3.22. The Morgan fingerprint density at radius 2 is 2.07 bits per heavy atom. The first-order valence-electron chi connectivity index (χ1n) is 9.37. The lowest BCUT2D eigenvalue weighted by atomic mass is 9.94. The SMILES string of the molecule is NC[C@@H](CC(=O)c1cc2c(s1)CCCn1ncc(Cl)c1-2)Cc1ccc(Cl)cc1. The van der Waals surface area contributed by atoms with E-state index in [-0.39, 0.29) is 11.7 Å². The Kier molecular flexibility index (Phi) is 5.88. The fraction of sp³-hybridized carbons (Fsp3) is 0.333. The average molecular weight is 434 g/mol. The van der Waals surface area contributed by atoms with Gasteiger partial charge in [0, 0.05) is 28.4 Å². The van der Waals surface area contributed by atoms with Gasteiger partial charge in [-0.1, -0.05) is 35.3 Å². The number of carbonyl (C=O) groups excluding carboxylic acids is 1. The summed E-state index contributed by atoms with van der Waals surface area (Å²) in [5, 5.41) is 5.71. The molecule has 1 aliphatic heterocycles. The number of aromatic nitrogens is 2. The number of ketones is 1. The summed E-state index contributed by atoms with van der Waals surface area (Å²) >= 11 is 13.9. The van der Waals surface area contributed by atoms with Crippen LogP contribution in [0.4, 0.5) is 0 Å². The van der Waals surface area contributed by atoms with Gasteiger partial charge in [0.05, 0.1) is 21.8 Å². The summed E-state index contributed by atoms with van der Waals surface area (Å²) in [6.07, 6.45) is 4.82. The van der Waals surface area contributed by atoms with Crippen molar-refractivity contribution in [1.29, 1.82) is 0 Å². The zero-order valence-corrected chi connectivity index (χ0v) is 17.7. The van der Waals surface area contributed by atoms with Crippen molar-refractivity contribution in [2.24, 2.45) is 11.7 Å². The predicted molar refractivity (Wildman–Crippen MR) is 116 cm³/mol. The zero-order valence-electron chi connectivity index (χ0n) is 15.3. The Hall–Kier alpha value is -1.66. The molecule has 0 unspecified atom stereocenters. The van der Waals surface area contributed by atoms with Crippen molar-refractivity contribution >= 4 is 40.3 Å². The topological polar surface area (TPSA) is 60.9 Å². The number of halogens is 2. The Labute approximate surface area is 178 Å². The number of thiophene rings is 1. The van der Waals surface area contributed by atoms with Gasteiger partial charge in [0.15, 0.2) is 5.78 Å². The number of benzene rings is 1. The zero-order chi connectivity index (χ0) is 19.7. The largest absolute Gasteiger partial charge is 0.330 e. The van der Waals surface area contributed by atoms with Gasteiger partial charge in [0.1, 0.15) is 0 Å². The van der Waals surface area contributed by atoms with Crippen LogP contribution in [-0.2, 0) is 19.4 Å². The third kappa shape index (κ3) is 4.03. The molecule has 3 aromatic rings. The second-order valence-electron chi connectivity index (χ2n) is 7.17. The lowest BCUT2D eigenvalue weighted by Gasteiger charge is -2.13. The summed E-state index contributed by atoms with van der Waals surface area (Å²) < 4.78 is 1.94. The van der Waals surface area contributed by atoms with Crippen LogP contribution in [-0.4, -0.2) is 22.1 Å². The second kappa shape index (κ2) is 8.37. The second-order valence-corrected chi connectivity index (χ2v) is 9.16. The molecule has 2 aromatic heterocycles. The van der Waals surface area contributed by atoms with Crippen molar-refractivity contribution in [3.05, 3.63) is 61.9 Å². The van der Waals surface area contributed by atoms with E-state index in [2.05, 4.69) is 5.10 Å². The molecule has 0 amide bonds. The highest BCUT2D eigenvalue weighted by molar-refractivity contribution is 7.14. The van der Waals surface area contributed by atoms with E-state index in [1.807, 2.05) is 35.0 Å². The number of fused-ring (bicyclic) bond motifs is 3. The minimum absolute atomic E-state index is 0.102. The number of Topliss-reactive ketones (excluding diaryl/α,β-unsaturated/α-hetero) is 1. The fourth-order valence-electron chi connectivity index (χ4n) is 3.70. The Morgan fingerprint density at radius 3 is 2.82 bits per heavy atom. The van der Waals surface area contributed by atoms with Gasteiger partial charge in [-0.3, -0.25) is 9.48 Å². The molecular formula is C21H21Cl2N3OS. The van der Waals surface area contributed by atoms with Crippen molar-refractivity contribution in [2.75, 3.05) is 6.54 Å². The van der Waals surface area contributed by atoms with Crippen LogP contribution in [0.15, 0.2) is 36.5 Å². The van der Waals surface area contributed by atoms with Crippen LogP contribution in [0.25, 0.3) is 11.3 Å². The molecule has 2 N–H and O–H groups in total. The molecule has 0 fully saturated rings. The van der Waals surface area contributed by atoms with Gasteiger partial charge in [-0.2, -0.15) is 5.10 Å². The van der Waals surface area contributed by atoms with Gasteiger partial charge >= 0.3 is 0 Å². The summed E-state index contributed by atoms with van der Waals surface area (Å²) in [5.74, 6) is 0.245. The molecule has 0 radical (unpaired) electrons. The van der Waals surface area contributed by atoms with E-state index in [1.54, 1.807) is 17.5 Å². The van der Waals surface area contributed by atoms with Crippen LogP contribution < -0.4 is 5.73 Å². The molecular weight excluding hydrogens is 413 g/mol. The molecule has 0 bridgehead atoms. The van der Waals surface area contributed by atoms with E-state index in [0.29, 0.717) is 23.0 Å². The highest BCUT2D eigenvalue weighted by atomic mass is 35.5. The van der Waals surface area contributed by atoms with E-state index >= 15 is 0 Å². The Morgan fingerprint density at radius 1 is 1.29 bits per heavy atom. The minimum atomic E-state index is 0.102. The van der Waals surface area contributed by atoms with Crippen LogP contribution in [0.3, 0.4) is 0 Å². The van der Waals surface area contributed by atoms with Crippen molar-refractivity contribution in [3.63, 3.8) is 0 Å². The highest BCUT2D eigenvalue weighted by Gasteiger charge is 2.24. The molecule has 0 aliphatic carbocycles. The van der Waals surface area contributed by atoms with E-state index in [0.717, 1.165) is 47.5 Å². The van der Waals surface area contributed by atoms with Gasteiger partial charge in [-0.25, -0.2) is 0 Å². The fourth-order valence-corrected chi connectivity index (χ4v) is 5.22. The van der Waals surface area contributed by atoms with Gasteiger partial charge < -0.3 is 5.73 Å². The van der Waals surface area contributed by atoms with Crippen molar-refractivity contribution < 1.29 is 4.79 Å². The van der Waals surface area contributed by atoms with Crippen LogP contribution >= 0.6 is 34.5 Å². The maximum absolute atomic E-state index is 13.0. The first-order valence-corrected chi connectivity index (χ1v) is 10.9. The first kappa shape index (κ1) is 19.6. The number of hydrogen-bond acceptors (Lipinski definition) is 4. The number of nitrogens with two attached hydrogens (primary N) is 1. The van der Waals surface area contributed by atoms with Gasteiger partial charge in [0.25, 0.3) is 0 Å². The molecule has 146 valence electrons. The number of nitrogens with zero attached hydrogens (tertiary/aromatic N) is 2. The van der Waals surface area contributed by atoms with E-state index < -0.39 is 0 Å². The highest BCUT2D eigenvalue weighted by Crippen LogP contribution is 2.39. The van der Waals surface area contributed by atoms with Crippen molar-refractivity contribution in [1.82, 2.24) is 9.78 Å². The molecule has 28 heavy (non-hydrogen) atoms. The third-order valence-electron chi connectivity index (χ3n) is 5.15. The van der Waals surface area contributed by atoms with Gasteiger partial charge in [-0.15, -0.1) is 11.3 Å². The molecule has 0 spiro atoms. The first-order chi connectivity index (χ1) is 13.5. The summed E-state index contributed by atoms with van der Waals surface area (Å²) in [6, 6.07) is 9.71. The van der Waals surface area contributed by atoms with Gasteiger partial charge in [-0.05, 0) is 55.5 Å². The smallest absolute Gasteiger partial charge is 0.173 e. The molecule has 4 nitrogen and oxygen atoms in total. The normalized spacial score (nSPS) is 14.2. The molecule has 0 saturated carbocycles. The van der Waals surface area contributed by atoms with Crippen LogP contribution in [0, 0.1) is 5.92 Å². The summed E-state index contributed by atoms with van der Waals surface area (Å²) in [4.78, 5) is 15.0. The maximum Gasteiger partial charge on any atom is 0.173 e. The number of aryl methyl sites for hydroxylation is 2. The Bertz CT molecular complexity index is 994. The maximum atomic E-state index is 13.0. The molecule has 1 aromatic carbocycles. The quantitative estimate of drug-likeness (QED) is 0.539. The van der Waals surface area contributed by atoms with Crippen molar-refractivity contribution in [2.45, 2.75) is 32.2 Å². The number of hydrogen-bond donors (Lipinski definition) is 1. The Balaban J connectivity index is 1.53. The molecule has 0 saturated heterocycles. The molecule has 3 heterocycles. The third-order valence-corrected chi connectivity index (χ3v) is 6.92. The van der Waals surface area contributed by atoms with Crippen LogP contribution in [0.1, 0.15) is 33.0 Å². The minimum Gasteiger partial charge on any atom is -0.330 e.